The van der Waals surface area contributed by atoms with Crippen LogP contribution in [0, 0.1) is 16.0 Å². The fraction of sp³-hybridized carbons (Fsp3) is 0.417. The lowest BCUT2D eigenvalue weighted by atomic mass is 10.1. The third-order valence-corrected chi connectivity index (χ3v) is 2.36. The van der Waals surface area contributed by atoms with E-state index in [0.29, 0.717) is 12.3 Å². The summed E-state index contributed by atoms with van der Waals surface area (Å²) in [7, 11) is 0. The molecule has 98 valence electrons. The number of carboxylic acid groups (broad SMARTS) is 1. The summed E-state index contributed by atoms with van der Waals surface area (Å²) in [6, 6.07) is 3.86. The Bertz CT molecular complexity index is 424. The van der Waals surface area contributed by atoms with Crippen LogP contribution in [0.1, 0.15) is 30.6 Å². The number of hydrogen-bond donors (Lipinski definition) is 1. The Balaban J connectivity index is 3.03. The van der Waals surface area contributed by atoms with Crippen LogP contribution in [-0.2, 0) is 0 Å². The molecule has 0 amide bonds. The van der Waals surface area contributed by atoms with Crippen molar-refractivity contribution in [3.05, 3.63) is 33.9 Å². The average Bonchev–Trinajstić information content (AvgIpc) is 2.28. The molecule has 0 unspecified atom stereocenters. The Hall–Kier alpha value is -2.11. The van der Waals surface area contributed by atoms with Crippen LogP contribution in [0.4, 0.5) is 5.69 Å². The van der Waals surface area contributed by atoms with Crippen molar-refractivity contribution in [2.24, 2.45) is 5.92 Å². The normalized spacial score (nSPS) is 10.4. The zero-order chi connectivity index (χ0) is 13.7. The van der Waals surface area contributed by atoms with Crippen LogP contribution in [-0.4, -0.2) is 22.6 Å². The van der Waals surface area contributed by atoms with E-state index in [1.54, 1.807) is 0 Å². The molecule has 0 aliphatic heterocycles. The molecule has 1 aromatic carbocycles. The molecule has 0 aliphatic rings. The second kappa shape index (κ2) is 6.00. The van der Waals surface area contributed by atoms with Gasteiger partial charge in [0.15, 0.2) is 0 Å². The number of carbonyl (C=O) groups is 1. The molecule has 0 radical (unpaired) electrons. The molecule has 0 spiro atoms. The highest BCUT2D eigenvalue weighted by atomic mass is 16.6. The van der Waals surface area contributed by atoms with Crippen LogP contribution in [0.5, 0.6) is 5.75 Å². The number of para-hydroxylation sites is 1. The van der Waals surface area contributed by atoms with Crippen LogP contribution in [0.25, 0.3) is 0 Å². The summed E-state index contributed by atoms with van der Waals surface area (Å²) < 4.78 is 5.28. The summed E-state index contributed by atoms with van der Waals surface area (Å²) >= 11 is 0. The van der Waals surface area contributed by atoms with Crippen molar-refractivity contribution in [1.82, 2.24) is 0 Å². The van der Waals surface area contributed by atoms with E-state index in [1.165, 1.54) is 18.2 Å². The van der Waals surface area contributed by atoms with Crippen molar-refractivity contribution < 1.29 is 19.6 Å². The van der Waals surface area contributed by atoms with Crippen molar-refractivity contribution in [3.63, 3.8) is 0 Å². The van der Waals surface area contributed by atoms with Gasteiger partial charge in [-0.05, 0) is 18.4 Å². The monoisotopic (exact) mass is 253 g/mol. The molecule has 6 nitrogen and oxygen atoms in total. The summed E-state index contributed by atoms with van der Waals surface area (Å²) in [6.45, 7) is 4.23. The Labute approximate surface area is 104 Å². The van der Waals surface area contributed by atoms with E-state index in [4.69, 9.17) is 9.84 Å². The Kier molecular flexibility index (Phi) is 4.65. The third-order valence-electron chi connectivity index (χ3n) is 2.36. The number of nitro benzene ring substituents is 1. The Morgan fingerprint density at radius 3 is 2.67 bits per heavy atom. The highest BCUT2D eigenvalue weighted by molar-refractivity contribution is 5.92. The number of benzene rings is 1. The standard InChI is InChI=1S/C12H15NO5/c1-8(2)6-7-18-11-9(12(14)15)4-3-5-10(11)13(16)17/h3-5,8H,6-7H2,1-2H3,(H,14,15). The smallest absolute Gasteiger partial charge is 0.339 e. The Morgan fingerprint density at radius 1 is 1.50 bits per heavy atom. The molecular formula is C12H15NO5. The van der Waals surface area contributed by atoms with E-state index in [9.17, 15) is 14.9 Å². The van der Waals surface area contributed by atoms with E-state index >= 15 is 0 Å². The molecular weight excluding hydrogens is 238 g/mol. The molecule has 0 fully saturated rings. The largest absolute Gasteiger partial charge is 0.486 e. The van der Waals surface area contributed by atoms with Gasteiger partial charge in [0.25, 0.3) is 0 Å². The van der Waals surface area contributed by atoms with Crippen molar-refractivity contribution in [3.8, 4) is 5.75 Å². The van der Waals surface area contributed by atoms with Crippen LogP contribution in [0.3, 0.4) is 0 Å². The van der Waals surface area contributed by atoms with E-state index in [2.05, 4.69) is 0 Å². The number of nitrogens with zero attached hydrogens (tertiary/aromatic N) is 1. The van der Waals surface area contributed by atoms with E-state index in [-0.39, 0.29) is 23.6 Å². The van der Waals surface area contributed by atoms with Gasteiger partial charge >= 0.3 is 11.7 Å². The van der Waals surface area contributed by atoms with E-state index in [1.807, 2.05) is 13.8 Å². The van der Waals surface area contributed by atoms with Crippen LogP contribution in [0.2, 0.25) is 0 Å². The molecule has 1 N–H and O–H groups in total. The lowest BCUT2D eigenvalue weighted by molar-refractivity contribution is -0.385. The quantitative estimate of drug-likeness (QED) is 0.621. The lowest BCUT2D eigenvalue weighted by Gasteiger charge is -2.10. The lowest BCUT2D eigenvalue weighted by Crippen LogP contribution is -2.08. The van der Waals surface area contributed by atoms with Gasteiger partial charge in [-0.25, -0.2) is 4.79 Å². The molecule has 0 heterocycles. The van der Waals surface area contributed by atoms with Crippen molar-refractivity contribution in [2.45, 2.75) is 20.3 Å². The fourth-order valence-electron chi connectivity index (χ4n) is 1.39. The number of hydrogen-bond acceptors (Lipinski definition) is 4. The average molecular weight is 253 g/mol. The molecule has 0 atom stereocenters. The topological polar surface area (TPSA) is 89.7 Å². The molecule has 1 aromatic rings. The van der Waals surface area contributed by atoms with Crippen LogP contribution in [0.15, 0.2) is 18.2 Å². The van der Waals surface area contributed by atoms with Gasteiger partial charge in [-0.2, -0.15) is 0 Å². The first-order valence-corrected chi connectivity index (χ1v) is 5.57. The minimum atomic E-state index is -1.24. The predicted octanol–water partition coefficient (Wildman–Crippen LogP) is 2.72. The second-order valence-corrected chi connectivity index (χ2v) is 4.25. The molecule has 0 bridgehead atoms. The highest BCUT2D eigenvalue weighted by Gasteiger charge is 2.22. The van der Waals surface area contributed by atoms with E-state index in [0.717, 1.165) is 0 Å². The minimum Gasteiger partial charge on any atom is -0.486 e. The predicted molar refractivity (Wildman–Crippen MR) is 65.0 cm³/mol. The molecule has 0 aromatic heterocycles. The maximum atomic E-state index is 11.0. The summed E-state index contributed by atoms with van der Waals surface area (Å²) in [5.74, 6) is -1.03. The van der Waals surface area contributed by atoms with Crippen LogP contribution >= 0.6 is 0 Å². The van der Waals surface area contributed by atoms with Crippen molar-refractivity contribution in [1.29, 1.82) is 0 Å². The number of nitro groups is 1. The summed E-state index contributed by atoms with van der Waals surface area (Å²) in [5, 5.41) is 19.8. The number of rotatable bonds is 6. The SMILES string of the molecule is CC(C)CCOc1c(C(=O)O)cccc1[N+](=O)[O-]. The van der Waals surface area contributed by atoms with Crippen molar-refractivity contribution >= 4 is 11.7 Å². The van der Waals surface area contributed by atoms with Gasteiger partial charge in [-0.1, -0.05) is 19.9 Å². The summed E-state index contributed by atoms with van der Waals surface area (Å²) in [6.07, 6.45) is 0.700. The van der Waals surface area contributed by atoms with Gasteiger partial charge in [0.05, 0.1) is 11.5 Å². The van der Waals surface area contributed by atoms with Gasteiger partial charge in [0.2, 0.25) is 5.75 Å². The highest BCUT2D eigenvalue weighted by Crippen LogP contribution is 2.31. The van der Waals surface area contributed by atoms with Crippen molar-refractivity contribution in [2.75, 3.05) is 6.61 Å². The van der Waals surface area contributed by atoms with Gasteiger partial charge in [0, 0.05) is 6.07 Å². The molecule has 0 aliphatic carbocycles. The zero-order valence-electron chi connectivity index (χ0n) is 10.3. The maximum Gasteiger partial charge on any atom is 0.339 e. The number of ether oxygens (including phenoxy) is 1. The molecule has 1 rings (SSSR count). The van der Waals surface area contributed by atoms with Crippen LogP contribution < -0.4 is 4.74 Å². The van der Waals surface area contributed by atoms with Gasteiger partial charge in [0.1, 0.15) is 5.56 Å². The molecule has 6 heteroatoms. The van der Waals surface area contributed by atoms with Gasteiger partial charge in [-0.3, -0.25) is 10.1 Å². The van der Waals surface area contributed by atoms with Gasteiger partial charge < -0.3 is 9.84 Å². The molecule has 0 saturated heterocycles. The summed E-state index contributed by atoms with van der Waals surface area (Å²) in [4.78, 5) is 21.2. The second-order valence-electron chi connectivity index (χ2n) is 4.25. The number of carboxylic acids is 1. The first-order valence-electron chi connectivity index (χ1n) is 5.57. The maximum absolute atomic E-state index is 11.0. The molecule has 0 saturated carbocycles. The molecule has 18 heavy (non-hydrogen) atoms. The minimum absolute atomic E-state index is 0.171. The first-order chi connectivity index (χ1) is 8.43. The zero-order valence-corrected chi connectivity index (χ0v) is 10.3. The summed E-state index contributed by atoms with van der Waals surface area (Å²) in [5.41, 5.74) is -0.508. The fourth-order valence-corrected chi connectivity index (χ4v) is 1.39. The van der Waals surface area contributed by atoms with E-state index < -0.39 is 10.9 Å². The Morgan fingerprint density at radius 2 is 2.17 bits per heavy atom. The third kappa shape index (κ3) is 3.44. The number of aromatic carboxylic acids is 1. The van der Waals surface area contributed by atoms with Gasteiger partial charge in [-0.15, -0.1) is 0 Å². The first kappa shape index (κ1) is 14.0.